The van der Waals surface area contributed by atoms with Crippen molar-refractivity contribution in [1.82, 2.24) is 25.0 Å². The second-order valence-corrected chi connectivity index (χ2v) is 16.6. The molecular weight excluding hydrogens is 658 g/mol. The third kappa shape index (κ3) is 7.20. The molecule has 0 spiro atoms. The first kappa shape index (κ1) is 35.6. The van der Waals surface area contributed by atoms with Crippen molar-refractivity contribution < 1.29 is 26.0 Å². The van der Waals surface area contributed by atoms with Crippen molar-refractivity contribution in [3.8, 4) is 24.2 Å². The molecule has 0 bridgehead atoms. The Hall–Kier alpha value is -4.69. The molecule has 1 saturated carbocycles. The predicted octanol–water partition coefficient (Wildman–Crippen LogP) is 6.54. The van der Waals surface area contributed by atoms with Gasteiger partial charge in [-0.25, -0.2) is 18.1 Å². The minimum atomic E-state index is -4.53. The van der Waals surface area contributed by atoms with Crippen LogP contribution in [-0.2, 0) is 15.4 Å². The Bertz CT molecular complexity index is 2150. The van der Waals surface area contributed by atoms with Gasteiger partial charge < -0.3 is 10.6 Å². The quantitative estimate of drug-likeness (QED) is 0.122. The lowest BCUT2D eigenvalue weighted by Crippen LogP contribution is -2.35. The van der Waals surface area contributed by atoms with Gasteiger partial charge in [0, 0.05) is 41.3 Å². The number of sulfone groups is 1. The lowest BCUT2D eigenvalue weighted by atomic mass is 9.96. The van der Waals surface area contributed by atoms with E-state index in [0.29, 0.717) is 45.5 Å². The zero-order valence-electron chi connectivity index (χ0n) is 28.2. The first-order valence-electron chi connectivity index (χ1n) is 15.4. The maximum atomic E-state index is 14.1. The summed E-state index contributed by atoms with van der Waals surface area (Å²) < 4.78 is 80.5. The fourth-order valence-corrected chi connectivity index (χ4v) is 5.38. The molecule has 0 aliphatic heterocycles. The molecule has 1 aromatic carbocycles. The zero-order chi connectivity index (χ0) is 36.2. The van der Waals surface area contributed by atoms with Crippen LogP contribution in [0.5, 0.6) is 0 Å². The molecule has 0 radical (unpaired) electrons. The molecule has 14 heteroatoms. The number of hydrogen-bond acceptors (Lipinski definition) is 8. The number of terminal acetylenes is 1. The van der Waals surface area contributed by atoms with Crippen LogP contribution >= 0.6 is 0 Å². The van der Waals surface area contributed by atoms with Gasteiger partial charge in [-0.15, -0.1) is 11.5 Å². The Morgan fingerprint density at radius 2 is 1.80 bits per heavy atom. The molecule has 0 amide bonds. The van der Waals surface area contributed by atoms with E-state index < -0.39 is 38.3 Å². The smallest absolute Gasteiger partial charge is 0.383 e. The van der Waals surface area contributed by atoms with E-state index in [1.165, 1.54) is 32.3 Å². The van der Waals surface area contributed by atoms with E-state index in [9.17, 15) is 26.0 Å². The molecule has 49 heavy (non-hydrogen) atoms. The average Bonchev–Trinajstić information content (AvgIpc) is 3.68. The van der Waals surface area contributed by atoms with Crippen LogP contribution in [0.4, 0.5) is 28.9 Å². The van der Waals surface area contributed by atoms with E-state index >= 15 is 0 Å². The SMILES string of the molecule is C#Cc1cnc2c(C#CC(C)(C)S(C)(=O)=O)cc(N[C@H](c3cn(C4(C(F)(F)F)CC4)nn3)c3ccc(F)nc3C)cc2c1NCC(C)(C)C. The summed E-state index contributed by atoms with van der Waals surface area (Å²) in [5.41, 5.74) is 0.889. The molecule has 258 valence electrons. The van der Waals surface area contributed by atoms with Gasteiger partial charge in [0.05, 0.1) is 34.6 Å². The second kappa shape index (κ2) is 12.3. The van der Waals surface area contributed by atoms with Crippen LogP contribution in [0, 0.1) is 42.5 Å². The summed E-state index contributed by atoms with van der Waals surface area (Å²) in [6.07, 6.45) is 4.98. The van der Waals surface area contributed by atoms with E-state index in [4.69, 9.17) is 6.42 Å². The third-order valence-electron chi connectivity index (χ3n) is 8.56. The van der Waals surface area contributed by atoms with Gasteiger partial charge in [0.25, 0.3) is 0 Å². The van der Waals surface area contributed by atoms with Crippen molar-refractivity contribution in [1.29, 1.82) is 0 Å². The van der Waals surface area contributed by atoms with Gasteiger partial charge in [-0.3, -0.25) is 4.98 Å². The number of nitrogens with zero attached hydrogens (tertiary/aromatic N) is 5. The minimum Gasteiger partial charge on any atom is -0.383 e. The third-order valence-corrected chi connectivity index (χ3v) is 10.5. The highest BCUT2D eigenvalue weighted by Crippen LogP contribution is 2.55. The fraction of sp³-hybridized carbons (Fsp3) is 0.429. The predicted molar refractivity (Wildman–Crippen MR) is 181 cm³/mol. The minimum absolute atomic E-state index is 0.125. The van der Waals surface area contributed by atoms with Crippen LogP contribution in [0.15, 0.2) is 36.7 Å². The standard InChI is InChI=1S/C35H37F4N7O2S/c1-9-22-18-40-30-23(12-13-33(6,7)49(8,47)48)16-24(17-26(30)29(22)41-20-32(3,4)5)43-31(25-10-11-28(36)42-21(25)2)27-19-46(45-44-27)34(14-15-34)35(37,38)39/h1,10-11,16-19,31,43H,14-15,20H2,2-8H3,(H,40,41)/t31-/m0/s1. The summed E-state index contributed by atoms with van der Waals surface area (Å²) in [5, 5.41) is 15.4. The number of fused-ring (bicyclic) bond motifs is 1. The number of alkyl halides is 3. The molecule has 1 fully saturated rings. The highest BCUT2D eigenvalue weighted by Gasteiger charge is 2.66. The Morgan fingerprint density at radius 3 is 2.37 bits per heavy atom. The summed E-state index contributed by atoms with van der Waals surface area (Å²) in [7, 11) is -3.58. The molecule has 1 aliphatic rings. The Balaban J connectivity index is 1.73. The van der Waals surface area contributed by atoms with E-state index in [0.717, 1.165) is 17.0 Å². The highest BCUT2D eigenvalue weighted by atomic mass is 32.2. The summed E-state index contributed by atoms with van der Waals surface area (Å²) in [6.45, 7) is 11.3. The molecule has 0 unspecified atom stereocenters. The lowest BCUT2D eigenvalue weighted by molar-refractivity contribution is -0.182. The van der Waals surface area contributed by atoms with Crippen molar-refractivity contribution in [3.05, 3.63) is 70.7 Å². The van der Waals surface area contributed by atoms with Crippen LogP contribution in [0.2, 0.25) is 0 Å². The van der Waals surface area contributed by atoms with Crippen LogP contribution in [-0.4, -0.2) is 57.1 Å². The van der Waals surface area contributed by atoms with Crippen LogP contribution in [0.25, 0.3) is 10.9 Å². The maximum absolute atomic E-state index is 14.1. The second-order valence-electron chi connectivity index (χ2n) is 14.1. The van der Waals surface area contributed by atoms with Crippen LogP contribution in [0.1, 0.15) is 81.6 Å². The number of benzene rings is 1. The molecule has 5 rings (SSSR count). The van der Waals surface area contributed by atoms with E-state index in [2.05, 4.69) is 69.4 Å². The highest BCUT2D eigenvalue weighted by molar-refractivity contribution is 7.92. The number of aryl methyl sites for hydroxylation is 1. The number of nitrogens with one attached hydrogen (secondary N) is 2. The van der Waals surface area contributed by atoms with Gasteiger partial charge in [0.1, 0.15) is 10.4 Å². The van der Waals surface area contributed by atoms with E-state index in [-0.39, 0.29) is 29.6 Å². The maximum Gasteiger partial charge on any atom is 0.413 e. The largest absolute Gasteiger partial charge is 0.413 e. The van der Waals surface area contributed by atoms with Crippen molar-refractivity contribution in [3.63, 3.8) is 0 Å². The average molecular weight is 696 g/mol. The molecule has 0 saturated heterocycles. The summed E-state index contributed by atoms with van der Waals surface area (Å²) in [4.78, 5) is 8.53. The molecule has 1 atom stereocenters. The Kier molecular flexibility index (Phi) is 8.96. The number of hydrogen-bond donors (Lipinski definition) is 2. The topological polar surface area (TPSA) is 115 Å². The number of rotatable bonds is 8. The Labute approximate surface area is 283 Å². The zero-order valence-corrected chi connectivity index (χ0v) is 29.0. The van der Waals surface area contributed by atoms with Gasteiger partial charge in [-0.1, -0.05) is 49.8 Å². The molecule has 3 heterocycles. The normalized spacial score (nSPS) is 15.2. The number of halogens is 4. The molecular formula is C35H37F4N7O2S. The van der Waals surface area contributed by atoms with Crippen LogP contribution in [0.3, 0.4) is 0 Å². The van der Waals surface area contributed by atoms with Crippen molar-refractivity contribution in [2.45, 2.75) is 76.9 Å². The lowest BCUT2D eigenvalue weighted by Gasteiger charge is -2.23. The Morgan fingerprint density at radius 1 is 1.10 bits per heavy atom. The molecule has 2 N–H and O–H groups in total. The van der Waals surface area contributed by atoms with Gasteiger partial charge in [-0.2, -0.15) is 17.6 Å². The number of pyridine rings is 2. The number of anilines is 2. The van der Waals surface area contributed by atoms with Gasteiger partial charge in [-0.05, 0) is 57.2 Å². The fourth-order valence-electron chi connectivity index (χ4n) is 5.15. The monoisotopic (exact) mass is 695 g/mol. The first-order chi connectivity index (χ1) is 22.7. The van der Waals surface area contributed by atoms with Gasteiger partial charge in [0.15, 0.2) is 15.4 Å². The van der Waals surface area contributed by atoms with Gasteiger partial charge in [0.2, 0.25) is 5.95 Å². The van der Waals surface area contributed by atoms with Crippen molar-refractivity contribution >= 4 is 32.1 Å². The van der Waals surface area contributed by atoms with E-state index in [1.54, 1.807) is 19.1 Å². The first-order valence-corrected chi connectivity index (χ1v) is 17.3. The number of aromatic nitrogens is 5. The van der Waals surface area contributed by atoms with Crippen LogP contribution < -0.4 is 10.6 Å². The molecule has 4 aromatic rings. The van der Waals surface area contributed by atoms with Crippen molar-refractivity contribution in [2.24, 2.45) is 5.41 Å². The molecule has 3 aromatic heterocycles. The summed E-state index contributed by atoms with van der Waals surface area (Å²) in [5.74, 6) is 7.80. The van der Waals surface area contributed by atoms with E-state index in [1.807, 2.05) is 0 Å². The van der Waals surface area contributed by atoms with Gasteiger partial charge >= 0.3 is 6.18 Å². The molecule has 1 aliphatic carbocycles. The van der Waals surface area contributed by atoms with Crippen molar-refractivity contribution in [2.75, 3.05) is 23.4 Å². The summed E-state index contributed by atoms with van der Waals surface area (Å²) >= 11 is 0. The summed E-state index contributed by atoms with van der Waals surface area (Å²) in [6, 6.07) is 5.12. The molecule has 9 nitrogen and oxygen atoms in total.